The maximum Gasteiger partial charge on any atom is 0.0476 e. The highest BCUT2D eigenvalue weighted by Crippen LogP contribution is 2.32. The van der Waals surface area contributed by atoms with E-state index in [1.807, 2.05) is 18.8 Å². The van der Waals surface area contributed by atoms with E-state index >= 15 is 0 Å². The van der Waals surface area contributed by atoms with Crippen LogP contribution in [0.25, 0.3) is 0 Å². The summed E-state index contributed by atoms with van der Waals surface area (Å²) in [6, 6.07) is 6.65. The van der Waals surface area contributed by atoms with E-state index in [0.717, 1.165) is 19.8 Å². The maximum absolute atomic E-state index is 5.38. The molecule has 1 aromatic rings. The normalized spacial score (nSPS) is 17.3. The number of thioether (sulfide) groups is 1. The molecule has 1 aromatic carbocycles. The Labute approximate surface area is 116 Å². The van der Waals surface area contributed by atoms with Crippen molar-refractivity contribution in [2.24, 2.45) is 0 Å². The summed E-state index contributed by atoms with van der Waals surface area (Å²) in [6.07, 6.45) is 2.33. The van der Waals surface area contributed by atoms with Crippen LogP contribution in [0.2, 0.25) is 0 Å². The van der Waals surface area contributed by atoms with Crippen molar-refractivity contribution in [3.05, 3.63) is 28.2 Å². The van der Waals surface area contributed by atoms with Crippen molar-refractivity contribution in [3.63, 3.8) is 0 Å². The molecule has 1 N–H and O–H groups in total. The molecule has 1 aliphatic heterocycles. The summed E-state index contributed by atoms with van der Waals surface area (Å²) in [7, 11) is 1.97. The van der Waals surface area contributed by atoms with Crippen LogP contribution in [-0.4, -0.2) is 25.5 Å². The second-order valence-electron chi connectivity index (χ2n) is 4.21. The van der Waals surface area contributed by atoms with Crippen molar-refractivity contribution in [1.29, 1.82) is 0 Å². The highest BCUT2D eigenvalue weighted by Gasteiger charge is 2.15. The number of halogens is 1. The van der Waals surface area contributed by atoms with Crippen molar-refractivity contribution in [3.8, 4) is 0 Å². The molecule has 1 fully saturated rings. The van der Waals surface area contributed by atoms with Gasteiger partial charge >= 0.3 is 0 Å². The van der Waals surface area contributed by atoms with Crippen LogP contribution in [0.1, 0.15) is 18.4 Å². The maximum atomic E-state index is 5.38. The Hall–Kier alpha value is -0.0300. The molecule has 4 heteroatoms. The van der Waals surface area contributed by atoms with E-state index in [2.05, 4.69) is 39.4 Å². The first-order chi connectivity index (χ1) is 8.29. The third-order valence-electron chi connectivity index (χ3n) is 2.86. The average molecular weight is 316 g/mol. The Morgan fingerprint density at radius 2 is 2.18 bits per heavy atom. The van der Waals surface area contributed by atoms with Gasteiger partial charge in [0.05, 0.1) is 0 Å². The number of hydrogen-bond acceptors (Lipinski definition) is 3. The van der Waals surface area contributed by atoms with Gasteiger partial charge in [-0.2, -0.15) is 0 Å². The molecule has 0 unspecified atom stereocenters. The molecule has 1 saturated heterocycles. The Kier molecular flexibility index (Phi) is 5.35. The average Bonchev–Trinajstić information content (AvgIpc) is 2.34. The van der Waals surface area contributed by atoms with Gasteiger partial charge in [0.15, 0.2) is 0 Å². The van der Waals surface area contributed by atoms with Gasteiger partial charge in [-0.15, -0.1) is 11.8 Å². The zero-order chi connectivity index (χ0) is 12.1. The van der Waals surface area contributed by atoms with Gasteiger partial charge in [0.25, 0.3) is 0 Å². The lowest BCUT2D eigenvalue weighted by Crippen LogP contribution is -2.17. The molecular weight excluding hydrogens is 298 g/mol. The third kappa shape index (κ3) is 3.98. The summed E-state index contributed by atoms with van der Waals surface area (Å²) < 4.78 is 6.58. The molecule has 0 saturated carbocycles. The van der Waals surface area contributed by atoms with E-state index in [0.29, 0.717) is 5.25 Å². The molecule has 0 atom stereocenters. The van der Waals surface area contributed by atoms with Gasteiger partial charge in [-0.05, 0) is 37.6 Å². The van der Waals surface area contributed by atoms with Gasteiger partial charge < -0.3 is 10.1 Å². The Bertz CT molecular complexity index is 366. The molecule has 2 rings (SSSR count). The Morgan fingerprint density at radius 1 is 1.41 bits per heavy atom. The van der Waals surface area contributed by atoms with Crippen LogP contribution < -0.4 is 5.32 Å². The van der Waals surface area contributed by atoms with Crippen molar-refractivity contribution >= 4 is 27.7 Å². The first-order valence-corrected chi connectivity index (χ1v) is 7.64. The zero-order valence-corrected chi connectivity index (χ0v) is 12.4. The smallest absolute Gasteiger partial charge is 0.0476 e. The second-order valence-corrected chi connectivity index (χ2v) is 6.44. The highest BCUT2D eigenvalue weighted by molar-refractivity contribution is 9.10. The lowest BCUT2D eigenvalue weighted by molar-refractivity contribution is 0.100. The van der Waals surface area contributed by atoms with Crippen molar-refractivity contribution in [2.45, 2.75) is 29.5 Å². The minimum absolute atomic E-state index is 0.714. The second kappa shape index (κ2) is 6.78. The van der Waals surface area contributed by atoms with Crippen molar-refractivity contribution in [2.75, 3.05) is 20.3 Å². The van der Waals surface area contributed by atoms with Gasteiger partial charge in [-0.1, -0.05) is 22.0 Å². The molecule has 0 amide bonds. The summed E-state index contributed by atoms with van der Waals surface area (Å²) in [5.74, 6) is 0. The summed E-state index contributed by atoms with van der Waals surface area (Å²) in [5.41, 5.74) is 1.31. The Balaban J connectivity index is 1.98. The van der Waals surface area contributed by atoms with Gasteiger partial charge in [-0.3, -0.25) is 0 Å². The zero-order valence-electron chi connectivity index (χ0n) is 10.0. The van der Waals surface area contributed by atoms with Crippen LogP contribution in [0.3, 0.4) is 0 Å². The van der Waals surface area contributed by atoms with Crippen LogP contribution in [0, 0.1) is 0 Å². The van der Waals surface area contributed by atoms with Crippen molar-refractivity contribution < 1.29 is 4.74 Å². The SMILES string of the molecule is CNCc1ccc(SC2CCOCC2)cc1Br. The summed E-state index contributed by atoms with van der Waals surface area (Å²) in [5, 5.41) is 3.89. The van der Waals surface area contributed by atoms with E-state index in [1.54, 1.807) is 0 Å². The fourth-order valence-corrected chi connectivity index (χ4v) is 3.74. The molecular formula is C13H18BrNOS. The van der Waals surface area contributed by atoms with Crippen LogP contribution in [0.5, 0.6) is 0 Å². The van der Waals surface area contributed by atoms with Gasteiger partial charge in [0.1, 0.15) is 0 Å². The van der Waals surface area contributed by atoms with Crippen LogP contribution in [0.15, 0.2) is 27.6 Å². The highest BCUT2D eigenvalue weighted by atomic mass is 79.9. The molecule has 0 aliphatic carbocycles. The fourth-order valence-electron chi connectivity index (χ4n) is 1.92. The topological polar surface area (TPSA) is 21.3 Å². The molecule has 0 aromatic heterocycles. The molecule has 2 nitrogen and oxygen atoms in total. The van der Waals surface area contributed by atoms with E-state index in [-0.39, 0.29) is 0 Å². The van der Waals surface area contributed by atoms with Gasteiger partial charge in [0.2, 0.25) is 0 Å². The minimum Gasteiger partial charge on any atom is -0.381 e. The van der Waals surface area contributed by atoms with E-state index in [1.165, 1.54) is 27.8 Å². The van der Waals surface area contributed by atoms with Crippen LogP contribution >= 0.6 is 27.7 Å². The van der Waals surface area contributed by atoms with Crippen LogP contribution in [-0.2, 0) is 11.3 Å². The quantitative estimate of drug-likeness (QED) is 0.919. The van der Waals surface area contributed by atoms with E-state index in [4.69, 9.17) is 4.74 Å². The fraction of sp³-hybridized carbons (Fsp3) is 0.538. The largest absolute Gasteiger partial charge is 0.381 e. The van der Waals surface area contributed by atoms with E-state index in [9.17, 15) is 0 Å². The molecule has 0 radical (unpaired) electrons. The molecule has 0 bridgehead atoms. The van der Waals surface area contributed by atoms with Gasteiger partial charge in [0, 0.05) is 34.4 Å². The predicted molar refractivity (Wildman–Crippen MR) is 76.6 cm³/mol. The summed E-state index contributed by atoms with van der Waals surface area (Å²) in [4.78, 5) is 1.35. The molecule has 1 heterocycles. The Morgan fingerprint density at radius 3 is 2.82 bits per heavy atom. The van der Waals surface area contributed by atoms with Gasteiger partial charge in [-0.25, -0.2) is 0 Å². The van der Waals surface area contributed by atoms with Crippen molar-refractivity contribution in [1.82, 2.24) is 5.32 Å². The lowest BCUT2D eigenvalue weighted by Gasteiger charge is -2.21. The molecule has 0 spiro atoms. The third-order valence-corrected chi connectivity index (χ3v) is 4.93. The lowest BCUT2D eigenvalue weighted by atomic mass is 10.2. The number of hydrogen-bond donors (Lipinski definition) is 1. The monoisotopic (exact) mass is 315 g/mol. The molecule has 1 aliphatic rings. The summed E-state index contributed by atoms with van der Waals surface area (Å²) >= 11 is 5.61. The van der Waals surface area contributed by atoms with E-state index < -0.39 is 0 Å². The standard InChI is InChI=1S/C13H18BrNOS/c1-15-9-10-2-3-12(8-13(10)14)17-11-4-6-16-7-5-11/h2-3,8,11,15H,4-7,9H2,1H3. The number of rotatable bonds is 4. The minimum atomic E-state index is 0.714. The molecule has 17 heavy (non-hydrogen) atoms. The first-order valence-electron chi connectivity index (χ1n) is 5.97. The summed E-state index contributed by atoms with van der Waals surface area (Å²) in [6.45, 7) is 2.73. The number of benzene rings is 1. The van der Waals surface area contributed by atoms with Crippen LogP contribution in [0.4, 0.5) is 0 Å². The first kappa shape index (κ1) is 13.4. The molecule has 94 valence electrons. The number of ether oxygens (including phenoxy) is 1. The number of nitrogens with one attached hydrogen (secondary N) is 1. The predicted octanol–water partition coefficient (Wildman–Crippen LogP) is 3.44.